The van der Waals surface area contributed by atoms with Crippen LogP contribution in [0.1, 0.15) is 13.8 Å². The van der Waals surface area contributed by atoms with Crippen molar-refractivity contribution >= 4 is 23.8 Å². The highest BCUT2D eigenvalue weighted by Gasteiger charge is 2.18. The Balaban J connectivity index is 0. The van der Waals surface area contributed by atoms with Crippen LogP contribution in [0.3, 0.4) is 0 Å². The van der Waals surface area contributed by atoms with Gasteiger partial charge in [0.15, 0.2) is 0 Å². The first kappa shape index (κ1) is 21.1. The van der Waals surface area contributed by atoms with Gasteiger partial charge in [-0.05, 0) is 0 Å². The molecular formula is C11H21N3O7. The van der Waals surface area contributed by atoms with E-state index in [1.54, 1.807) is 0 Å². The molecule has 1 unspecified atom stereocenters. The van der Waals surface area contributed by atoms with Gasteiger partial charge in [0, 0.05) is 6.54 Å². The number of hydrogen-bond donors (Lipinski definition) is 5. The Morgan fingerprint density at radius 1 is 1.00 bits per heavy atom. The zero-order chi connectivity index (χ0) is 17.0. The molecule has 0 aliphatic carbocycles. The molecule has 0 radical (unpaired) electrons. The zero-order valence-electron chi connectivity index (χ0n) is 11.9. The molecule has 122 valence electrons. The average Bonchev–Trinajstić information content (AvgIpc) is 2.36. The topological polar surface area (TPSA) is 170 Å². The maximum atomic E-state index is 11.4. The number of nitrogens with one attached hydrogen (secondary N) is 1. The van der Waals surface area contributed by atoms with Crippen LogP contribution < -0.4 is 11.1 Å². The number of rotatable bonds is 9. The molecule has 6 N–H and O–H groups in total. The van der Waals surface area contributed by atoms with E-state index >= 15 is 0 Å². The third kappa shape index (κ3) is 12.6. The summed E-state index contributed by atoms with van der Waals surface area (Å²) in [6, 6.07) is -1.28. The first-order valence-corrected chi connectivity index (χ1v) is 6.13. The van der Waals surface area contributed by atoms with Crippen LogP contribution in [0.2, 0.25) is 0 Å². The Morgan fingerprint density at radius 3 is 1.76 bits per heavy atom. The fourth-order valence-corrected chi connectivity index (χ4v) is 1.12. The lowest BCUT2D eigenvalue weighted by Crippen LogP contribution is -2.47. The Morgan fingerprint density at radius 2 is 1.43 bits per heavy atom. The fourth-order valence-electron chi connectivity index (χ4n) is 1.12. The Labute approximate surface area is 121 Å². The summed E-state index contributed by atoms with van der Waals surface area (Å²) in [5.74, 6) is -4.57. The van der Waals surface area contributed by atoms with Crippen molar-refractivity contribution in [1.82, 2.24) is 10.2 Å². The molecule has 21 heavy (non-hydrogen) atoms. The van der Waals surface area contributed by atoms with Gasteiger partial charge in [-0.25, -0.2) is 0 Å². The summed E-state index contributed by atoms with van der Waals surface area (Å²) in [7, 11) is 0. The summed E-state index contributed by atoms with van der Waals surface area (Å²) in [6.07, 6.45) is 0. The number of carbonyl (C=O) groups is 4. The van der Waals surface area contributed by atoms with Crippen molar-refractivity contribution in [3.63, 3.8) is 0 Å². The molecule has 0 aromatic rings. The van der Waals surface area contributed by atoms with Crippen LogP contribution in [0.5, 0.6) is 0 Å². The molecule has 0 aromatic heterocycles. The Kier molecular flexibility index (Phi) is 11.7. The number of aliphatic carboxylic acids is 3. The lowest BCUT2D eigenvalue weighted by molar-refractivity contribution is -0.142. The summed E-state index contributed by atoms with van der Waals surface area (Å²) in [5.41, 5.74) is 5.14. The molecule has 0 aromatic carbocycles. The van der Waals surface area contributed by atoms with Crippen molar-refractivity contribution in [3.8, 4) is 0 Å². The smallest absolute Gasteiger partial charge is 0.322 e. The normalized spacial score (nSPS) is 11.0. The van der Waals surface area contributed by atoms with Gasteiger partial charge in [0.05, 0.1) is 19.6 Å². The third-order valence-electron chi connectivity index (χ3n) is 1.92. The number of carbonyl (C=O) groups excluding carboxylic acids is 1. The predicted molar refractivity (Wildman–Crippen MR) is 71.7 cm³/mol. The summed E-state index contributed by atoms with van der Waals surface area (Å²) in [5, 5.41) is 27.7. The van der Waals surface area contributed by atoms with E-state index in [9.17, 15) is 19.2 Å². The van der Waals surface area contributed by atoms with Crippen LogP contribution in [0.25, 0.3) is 0 Å². The molecule has 0 heterocycles. The summed E-state index contributed by atoms with van der Waals surface area (Å²) >= 11 is 0. The minimum Gasteiger partial charge on any atom is -0.480 e. The molecular weight excluding hydrogens is 286 g/mol. The Bertz CT molecular complexity index is 357. The molecule has 10 heteroatoms. The van der Waals surface area contributed by atoms with Crippen molar-refractivity contribution in [2.24, 2.45) is 5.73 Å². The number of carboxylic acid groups (broad SMARTS) is 3. The van der Waals surface area contributed by atoms with Crippen molar-refractivity contribution < 1.29 is 34.5 Å². The predicted octanol–water partition coefficient (Wildman–Crippen LogP) is -1.99. The highest BCUT2D eigenvalue weighted by molar-refractivity contribution is 5.81. The zero-order valence-corrected chi connectivity index (χ0v) is 11.9. The summed E-state index contributed by atoms with van der Waals surface area (Å²) in [4.78, 5) is 43.5. The largest absolute Gasteiger partial charge is 0.480 e. The van der Waals surface area contributed by atoms with Gasteiger partial charge in [-0.2, -0.15) is 0 Å². The van der Waals surface area contributed by atoms with E-state index in [4.69, 9.17) is 21.1 Å². The SMILES string of the molecule is CC.NC(CNC(=O)CN(CC(=O)O)CC(=O)O)C(=O)O. The molecule has 0 bridgehead atoms. The first-order valence-electron chi connectivity index (χ1n) is 6.13. The highest BCUT2D eigenvalue weighted by Crippen LogP contribution is 1.89. The van der Waals surface area contributed by atoms with Gasteiger partial charge in [-0.1, -0.05) is 13.8 Å². The molecule has 0 aliphatic heterocycles. The summed E-state index contributed by atoms with van der Waals surface area (Å²) < 4.78 is 0. The molecule has 0 saturated carbocycles. The maximum Gasteiger partial charge on any atom is 0.322 e. The van der Waals surface area contributed by atoms with Crippen LogP contribution in [0.15, 0.2) is 0 Å². The number of nitrogens with two attached hydrogens (primary N) is 1. The van der Waals surface area contributed by atoms with Crippen LogP contribution in [0.4, 0.5) is 0 Å². The van der Waals surface area contributed by atoms with E-state index in [2.05, 4.69) is 5.32 Å². The van der Waals surface area contributed by atoms with E-state index in [0.29, 0.717) is 0 Å². The number of nitrogens with zero attached hydrogens (tertiary/aromatic N) is 1. The average molecular weight is 307 g/mol. The molecule has 0 saturated heterocycles. The molecule has 0 aliphatic rings. The number of carboxylic acids is 3. The van der Waals surface area contributed by atoms with E-state index in [1.165, 1.54) is 0 Å². The van der Waals surface area contributed by atoms with E-state index in [1.807, 2.05) is 13.8 Å². The van der Waals surface area contributed by atoms with Gasteiger partial charge in [0.1, 0.15) is 6.04 Å². The molecule has 0 spiro atoms. The fraction of sp³-hybridized carbons (Fsp3) is 0.636. The van der Waals surface area contributed by atoms with E-state index in [0.717, 1.165) is 4.90 Å². The van der Waals surface area contributed by atoms with Gasteiger partial charge in [0.2, 0.25) is 5.91 Å². The number of amides is 1. The van der Waals surface area contributed by atoms with Crippen LogP contribution in [-0.4, -0.2) is 76.3 Å². The van der Waals surface area contributed by atoms with E-state index in [-0.39, 0.29) is 6.54 Å². The monoisotopic (exact) mass is 307 g/mol. The molecule has 10 nitrogen and oxygen atoms in total. The molecule has 1 amide bonds. The highest BCUT2D eigenvalue weighted by atomic mass is 16.4. The van der Waals surface area contributed by atoms with Gasteiger partial charge in [0.25, 0.3) is 0 Å². The Hall–Kier alpha value is -2.20. The van der Waals surface area contributed by atoms with Crippen molar-refractivity contribution in [3.05, 3.63) is 0 Å². The van der Waals surface area contributed by atoms with Crippen LogP contribution >= 0.6 is 0 Å². The van der Waals surface area contributed by atoms with Crippen molar-refractivity contribution in [2.75, 3.05) is 26.2 Å². The maximum absolute atomic E-state index is 11.4. The van der Waals surface area contributed by atoms with Crippen LogP contribution in [0, 0.1) is 0 Å². The second kappa shape index (κ2) is 11.6. The standard InChI is InChI=1S/C9H15N3O7.C2H6/c10-5(9(18)19)1-11-6(13)2-12(3-7(14)15)4-8(16)17;1-2/h5H,1-4,10H2,(H,11,13)(H,14,15)(H,16,17)(H,18,19);1-2H3. The second-order valence-electron chi connectivity index (χ2n) is 3.68. The second-order valence-corrected chi connectivity index (χ2v) is 3.68. The van der Waals surface area contributed by atoms with Gasteiger partial charge in [-0.15, -0.1) is 0 Å². The lowest BCUT2D eigenvalue weighted by atomic mass is 10.3. The molecule has 0 fully saturated rings. The first-order chi connectivity index (χ1) is 9.72. The summed E-state index contributed by atoms with van der Waals surface area (Å²) in [6.45, 7) is 1.95. The van der Waals surface area contributed by atoms with Crippen molar-refractivity contribution in [1.29, 1.82) is 0 Å². The minimum atomic E-state index is -1.30. The van der Waals surface area contributed by atoms with Crippen LogP contribution in [-0.2, 0) is 19.2 Å². The van der Waals surface area contributed by atoms with Gasteiger partial charge >= 0.3 is 17.9 Å². The lowest BCUT2D eigenvalue weighted by Gasteiger charge is -2.17. The molecule has 0 rings (SSSR count). The van der Waals surface area contributed by atoms with Gasteiger partial charge < -0.3 is 26.4 Å². The minimum absolute atomic E-state index is 0.331. The van der Waals surface area contributed by atoms with Crippen molar-refractivity contribution in [2.45, 2.75) is 19.9 Å². The third-order valence-corrected chi connectivity index (χ3v) is 1.92. The quantitative estimate of drug-likeness (QED) is 0.323. The number of hydrogen-bond acceptors (Lipinski definition) is 6. The van der Waals surface area contributed by atoms with Gasteiger partial charge in [-0.3, -0.25) is 24.1 Å². The van der Waals surface area contributed by atoms with E-state index < -0.39 is 49.5 Å². The molecule has 1 atom stereocenters.